The summed E-state index contributed by atoms with van der Waals surface area (Å²) < 4.78 is 6.17. The molecule has 2 fully saturated rings. The van der Waals surface area contributed by atoms with Crippen molar-refractivity contribution in [3.05, 3.63) is 60.2 Å². The minimum atomic E-state index is -0.734. The molecule has 0 aliphatic carbocycles. The number of hydrogen-bond acceptors (Lipinski definition) is 3. The van der Waals surface area contributed by atoms with Crippen LogP contribution in [0, 0.1) is 11.8 Å². The predicted octanol–water partition coefficient (Wildman–Crippen LogP) is 4.88. The van der Waals surface area contributed by atoms with Gasteiger partial charge in [-0.25, -0.2) is 0 Å². The molecule has 4 heteroatoms. The number of rotatable bonds is 10. The Morgan fingerprint density at radius 1 is 1.21 bits per heavy atom. The molecule has 1 unspecified atom stereocenters. The van der Waals surface area contributed by atoms with Crippen molar-refractivity contribution in [1.29, 1.82) is 0 Å². The van der Waals surface area contributed by atoms with Gasteiger partial charge in [-0.3, -0.25) is 4.79 Å². The number of carboxylic acids is 1. The summed E-state index contributed by atoms with van der Waals surface area (Å²) in [6, 6.07) is 10.1. The molecule has 0 aromatic heterocycles. The molecular weight excluding hydrogens is 364 g/mol. The van der Waals surface area contributed by atoms with Crippen LogP contribution < -0.4 is 0 Å². The van der Waals surface area contributed by atoms with E-state index >= 15 is 0 Å². The Labute approximate surface area is 174 Å². The van der Waals surface area contributed by atoms with Crippen molar-refractivity contribution in [3.63, 3.8) is 0 Å². The Bertz CT molecular complexity index is 722. The van der Waals surface area contributed by atoms with Gasteiger partial charge in [0.15, 0.2) is 0 Å². The fraction of sp³-hybridized carbons (Fsp3) is 0.560. The number of fused-ring (bicyclic) bond motifs is 2. The Kier molecular flexibility index (Phi) is 7.31. The van der Waals surface area contributed by atoms with Gasteiger partial charge in [0.25, 0.3) is 0 Å². The summed E-state index contributed by atoms with van der Waals surface area (Å²) in [5, 5.41) is 19.6. The highest BCUT2D eigenvalue weighted by atomic mass is 16.5. The van der Waals surface area contributed by atoms with E-state index in [0.29, 0.717) is 24.4 Å². The van der Waals surface area contributed by atoms with Gasteiger partial charge in [0.05, 0.1) is 18.3 Å². The molecule has 1 aromatic rings. The number of unbranched alkanes of at least 4 members (excludes halogenated alkanes) is 1. The molecule has 4 nitrogen and oxygen atoms in total. The molecule has 0 radical (unpaired) electrons. The first kappa shape index (κ1) is 21.8. The molecule has 2 bridgehead atoms. The zero-order valence-corrected chi connectivity index (χ0v) is 17.5. The zero-order valence-electron chi connectivity index (χ0n) is 17.5. The highest BCUT2D eigenvalue weighted by Gasteiger charge is 2.47. The van der Waals surface area contributed by atoms with Gasteiger partial charge >= 0.3 is 5.97 Å². The van der Waals surface area contributed by atoms with E-state index in [1.54, 1.807) is 0 Å². The molecule has 158 valence electrons. The average molecular weight is 399 g/mol. The highest BCUT2D eigenvalue weighted by Crippen LogP contribution is 2.46. The Morgan fingerprint density at radius 3 is 2.66 bits per heavy atom. The van der Waals surface area contributed by atoms with Crippen LogP contribution in [0.2, 0.25) is 0 Å². The molecule has 0 amide bonds. The summed E-state index contributed by atoms with van der Waals surface area (Å²) in [6.45, 7) is 4.15. The van der Waals surface area contributed by atoms with E-state index in [2.05, 4.69) is 44.2 Å². The Balaban J connectivity index is 1.59. The van der Waals surface area contributed by atoms with Crippen LogP contribution >= 0.6 is 0 Å². The maximum atomic E-state index is 10.9. The second-order valence-corrected chi connectivity index (χ2v) is 8.94. The molecule has 0 spiro atoms. The van der Waals surface area contributed by atoms with Gasteiger partial charge in [-0.05, 0) is 43.6 Å². The van der Waals surface area contributed by atoms with Crippen LogP contribution in [-0.4, -0.2) is 34.5 Å². The van der Waals surface area contributed by atoms with Gasteiger partial charge in [0, 0.05) is 17.8 Å². The molecule has 2 heterocycles. The van der Waals surface area contributed by atoms with Crippen molar-refractivity contribution < 1.29 is 19.7 Å². The van der Waals surface area contributed by atoms with Gasteiger partial charge in [0.1, 0.15) is 0 Å². The van der Waals surface area contributed by atoms with Gasteiger partial charge in [0.2, 0.25) is 0 Å². The highest BCUT2D eigenvalue weighted by molar-refractivity contribution is 5.66. The quantitative estimate of drug-likeness (QED) is 0.436. The van der Waals surface area contributed by atoms with Crippen LogP contribution in [0.4, 0.5) is 0 Å². The first-order valence-electron chi connectivity index (χ1n) is 10.8. The zero-order chi connectivity index (χ0) is 20.9. The first-order chi connectivity index (χ1) is 13.9. The lowest BCUT2D eigenvalue weighted by molar-refractivity contribution is -0.137. The molecule has 2 aliphatic rings. The van der Waals surface area contributed by atoms with E-state index in [1.807, 2.05) is 24.3 Å². The smallest absolute Gasteiger partial charge is 0.303 e. The summed E-state index contributed by atoms with van der Waals surface area (Å²) in [5.41, 5.74) is 0.776. The number of aliphatic carboxylic acids is 1. The molecular formula is C25H34O4. The molecule has 1 aromatic carbocycles. The van der Waals surface area contributed by atoms with Crippen LogP contribution in [0.1, 0.15) is 57.9 Å². The van der Waals surface area contributed by atoms with Gasteiger partial charge in [-0.15, -0.1) is 0 Å². The van der Waals surface area contributed by atoms with E-state index < -0.39 is 12.1 Å². The normalized spacial score (nSPS) is 27.8. The van der Waals surface area contributed by atoms with Crippen LogP contribution in [0.3, 0.4) is 0 Å². The standard InChI is InChI=1S/C25H34O4/c1-25(2,18-10-6-5-7-11-18)23(26)17-14-20-19(21-15-16-22(20)29-21)12-8-3-4-9-13-24(27)28/h3,5-8,10-11,14,17,19-23,26H,4,9,12-13,15-16H2,1-2H3,(H,27,28)/t19-,20+,21-,22+,23?/m1/s1. The molecule has 0 saturated carbocycles. The van der Waals surface area contributed by atoms with Gasteiger partial charge < -0.3 is 14.9 Å². The number of aliphatic hydroxyl groups excluding tert-OH is 1. The molecule has 3 rings (SSSR count). The fourth-order valence-corrected chi connectivity index (χ4v) is 4.64. The summed E-state index contributed by atoms with van der Waals surface area (Å²) in [6.07, 6.45) is 13.3. The third-order valence-electron chi connectivity index (χ3n) is 6.60. The van der Waals surface area contributed by atoms with E-state index in [9.17, 15) is 9.90 Å². The third kappa shape index (κ3) is 5.37. The molecule has 2 aliphatic heterocycles. The average Bonchev–Trinajstić information content (AvgIpc) is 3.31. The number of benzene rings is 1. The van der Waals surface area contributed by atoms with Crippen LogP contribution in [0.5, 0.6) is 0 Å². The number of aliphatic hydroxyl groups is 1. The number of allylic oxidation sites excluding steroid dienone is 2. The van der Waals surface area contributed by atoms with Gasteiger partial charge in [-0.1, -0.05) is 68.5 Å². The predicted molar refractivity (Wildman–Crippen MR) is 115 cm³/mol. The van der Waals surface area contributed by atoms with Crippen molar-refractivity contribution in [2.75, 3.05) is 0 Å². The maximum Gasteiger partial charge on any atom is 0.303 e. The number of ether oxygens (including phenoxy) is 1. The Hall–Kier alpha value is -1.91. The van der Waals surface area contributed by atoms with E-state index in [-0.39, 0.29) is 17.9 Å². The lowest BCUT2D eigenvalue weighted by Crippen LogP contribution is -2.32. The summed E-state index contributed by atoms with van der Waals surface area (Å²) in [5.74, 6) is 0.0356. The molecule has 29 heavy (non-hydrogen) atoms. The largest absolute Gasteiger partial charge is 0.481 e. The number of hydrogen-bond donors (Lipinski definition) is 2. The minimum Gasteiger partial charge on any atom is -0.481 e. The lowest BCUT2D eigenvalue weighted by atomic mass is 9.75. The van der Waals surface area contributed by atoms with E-state index in [0.717, 1.165) is 31.2 Å². The van der Waals surface area contributed by atoms with Crippen molar-refractivity contribution in [3.8, 4) is 0 Å². The summed E-state index contributed by atoms with van der Waals surface area (Å²) in [7, 11) is 0. The Morgan fingerprint density at radius 2 is 1.93 bits per heavy atom. The molecule has 2 N–H and O–H groups in total. The number of carboxylic acid groups (broad SMARTS) is 1. The number of carbonyl (C=O) groups is 1. The molecule has 2 saturated heterocycles. The van der Waals surface area contributed by atoms with E-state index in [4.69, 9.17) is 9.84 Å². The summed E-state index contributed by atoms with van der Waals surface area (Å²) in [4.78, 5) is 10.6. The van der Waals surface area contributed by atoms with Crippen molar-refractivity contribution >= 4 is 5.97 Å². The second-order valence-electron chi connectivity index (χ2n) is 8.94. The minimum absolute atomic E-state index is 0.224. The van der Waals surface area contributed by atoms with Gasteiger partial charge in [-0.2, -0.15) is 0 Å². The van der Waals surface area contributed by atoms with Crippen molar-refractivity contribution in [1.82, 2.24) is 0 Å². The lowest BCUT2D eigenvalue weighted by Gasteiger charge is -2.30. The first-order valence-corrected chi connectivity index (χ1v) is 10.8. The molecule has 5 atom stereocenters. The maximum absolute atomic E-state index is 10.9. The van der Waals surface area contributed by atoms with Crippen LogP contribution in [-0.2, 0) is 14.9 Å². The SMILES string of the molecule is CC(C)(c1ccccc1)C(O)C=C[C@H]1[C@@H](CC=CCCCC(=O)O)[C@H]2CC[C@@H]1O2. The van der Waals surface area contributed by atoms with Crippen LogP contribution in [0.25, 0.3) is 0 Å². The van der Waals surface area contributed by atoms with Crippen molar-refractivity contribution in [2.45, 2.75) is 76.1 Å². The third-order valence-corrected chi connectivity index (χ3v) is 6.60. The van der Waals surface area contributed by atoms with E-state index in [1.165, 1.54) is 0 Å². The second kappa shape index (κ2) is 9.73. The topological polar surface area (TPSA) is 66.8 Å². The van der Waals surface area contributed by atoms with Crippen molar-refractivity contribution in [2.24, 2.45) is 11.8 Å². The van der Waals surface area contributed by atoms with Crippen LogP contribution in [0.15, 0.2) is 54.6 Å². The summed E-state index contributed by atoms with van der Waals surface area (Å²) >= 11 is 0. The monoisotopic (exact) mass is 398 g/mol. The fourth-order valence-electron chi connectivity index (χ4n) is 4.64.